The Balaban J connectivity index is 2.58. The molecule has 6 heteroatoms. The fraction of sp³-hybridized carbons (Fsp3) is 0.733. The molecule has 120 valence electrons. The third-order valence-corrected chi connectivity index (χ3v) is 2.70. The molecule has 0 aliphatic carbocycles. The van der Waals surface area contributed by atoms with Crippen molar-refractivity contribution in [3.05, 3.63) is 18.2 Å². The van der Waals surface area contributed by atoms with Crippen molar-refractivity contribution in [3.63, 3.8) is 0 Å². The molecule has 1 amide bonds. The van der Waals surface area contributed by atoms with E-state index in [-0.39, 0.29) is 5.60 Å². The number of amides is 1. The Bertz CT molecular complexity index is 461. The standard InChI is InChI=1S/C15H27N3O3/c1-7-20-15(5,6)10-18-11-16-8-12(18)9-17-13(19)21-14(2,3)4/h8,11H,7,9-10H2,1-6H3,(H,17,19). The van der Waals surface area contributed by atoms with Gasteiger partial charge in [0.25, 0.3) is 0 Å². The van der Waals surface area contributed by atoms with E-state index in [1.54, 1.807) is 12.5 Å². The van der Waals surface area contributed by atoms with Gasteiger partial charge in [0.15, 0.2) is 0 Å². The van der Waals surface area contributed by atoms with Gasteiger partial charge in [-0.2, -0.15) is 0 Å². The van der Waals surface area contributed by atoms with Crippen molar-refractivity contribution in [2.24, 2.45) is 0 Å². The van der Waals surface area contributed by atoms with Crippen LogP contribution in [0.1, 0.15) is 47.2 Å². The Kier molecular flexibility index (Phi) is 5.78. The number of nitrogens with one attached hydrogen (secondary N) is 1. The lowest BCUT2D eigenvalue weighted by molar-refractivity contribution is -0.0229. The van der Waals surface area contributed by atoms with Crippen LogP contribution in [0.4, 0.5) is 4.79 Å². The third kappa shape index (κ3) is 6.62. The lowest BCUT2D eigenvalue weighted by atomic mass is 10.1. The average Bonchev–Trinajstić information content (AvgIpc) is 2.70. The first-order valence-electron chi connectivity index (χ1n) is 7.23. The molecule has 0 aliphatic heterocycles. The van der Waals surface area contributed by atoms with Crippen LogP contribution in [0, 0.1) is 0 Å². The Morgan fingerprint density at radius 2 is 2.00 bits per heavy atom. The number of nitrogens with zero attached hydrogens (tertiary/aromatic N) is 2. The molecular formula is C15H27N3O3. The van der Waals surface area contributed by atoms with Crippen molar-refractivity contribution in [3.8, 4) is 0 Å². The molecule has 6 nitrogen and oxygen atoms in total. The number of aromatic nitrogens is 2. The lowest BCUT2D eigenvalue weighted by Gasteiger charge is -2.26. The first kappa shape index (κ1) is 17.5. The van der Waals surface area contributed by atoms with E-state index in [1.165, 1.54) is 0 Å². The van der Waals surface area contributed by atoms with Crippen molar-refractivity contribution >= 4 is 6.09 Å². The van der Waals surface area contributed by atoms with E-state index in [4.69, 9.17) is 9.47 Å². The van der Waals surface area contributed by atoms with E-state index in [9.17, 15) is 4.79 Å². The molecule has 0 saturated heterocycles. The van der Waals surface area contributed by atoms with Crippen LogP contribution in [-0.4, -0.2) is 33.5 Å². The molecule has 0 aliphatic rings. The molecule has 0 spiro atoms. The second-order valence-corrected chi connectivity index (χ2v) is 6.56. The molecule has 0 radical (unpaired) electrons. The largest absolute Gasteiger partial charge is 0.444 e. The summed E-state index contributed by atoms with van der Waals surface area (Å²) < 4.78 is 12.9. The Hall–Kier alpha value is -1.56. The van der Waals surface area contributed by atoms with Gasteiger partial charge in [-0.3, -0.25) is 0 Å². The Morgan fingerprint density at radius 1 is 1.33 bits per heavy atom. The minimum Gasteiger partial charge on any atom is -0.444 e. The zero-order valence-corrected chi connectivity index (χ0v) is 13.9. The highest BCUT2D eigenvalue weighted by Crippen LogP contribution is 2.14. The predicted octanol–water partition coefficient (Wildman–Crippen LogP) is 2.72. The lowest BCUT2D eigenvalue weighted by Crippen LogP contribution is -2.34. The molecule has 1 heterocycles. The highest BCUT2D eigenvalue weighted by Gasteiger charge is 2.20. The summed E-state index contributed by atoms with van der Waals surface area (Å²) in [5, 5.41) is 2.74. The van der Waals surface area contributed by atoms with Crippen molar-refractivity contribution in [1.82, 2.24) is 14.9 Å². The van der Waals surface area contributed by atoms with Gasteiger partial charge in [-0.15, -0.1) is 0 Å². The number of carbonyl (C=O) groups excluding carboxylic acids is 1. The zero-order chi connectivity index (χ0) is 16.1. The van der Waals surface area contributed by atoms with Crippen LogP contribution in [0.25, 0.3) is 0 Å². The second-order valence-electron chi connectivity index (χ2n) is 6.56. The second kappa shape index (κ2) is 6.93. The van der Waals surface area contributed by atoms with Gasteiger partial charge in [0.1, 0.15) is 5.60 Å². The van der Waals surface area contributed by atoms with E-state index in [1.807, 2.05) is 46.1 Å². The average molecular weight is 297 g/mol. The van der Waals surface area contributed by atoms with Crippen molar-refractivity contribution < 1.29 is 14.3 Å². The van der Waals surface area contributed by atoms with Crippen LogP contribution in [0.2, 0.25) is 0 Å². The highest BCUT2D eigenvalue weighted by atomic mass is 16.6. The molecule has 0 fully saturated rings. The van der Waals surface area contributed by atoms with Crippen molar-refractivity contribution in [2.45, 2.75) is 65.8 Å². The molecule has 21 heavy (non-hydrogen) atoms. The summed E-state index contributed by atoms with van der Waals surface area (Å²) in [7, 11) is 0. The minimum absolute atomic E-state index is 0.282. The van der Waals surface area contributed by atoms with Gasteiger partial charge >= 0.3 is 6.09 Å². The van der Waals surface area contributed by atoms with Gasteiger partial charge < -0.3 is 19.4 Å². The molecule has 0 aromatic carbocycles. The van der Waals surface area contributed by atoms with Gasteiger partial charge in [-0.1, -0.05) is 0 Å². The fourth-order valence-electron chi connectivity index (χ4n) is 1.96. The number of imidazole rings is 1. The van der Waals surface area contributed by atoms with E-state index < -0.39 is 11.7 Å². The van der Waals surface area contributed by atoms with Crippen molar-refractivity contribution in [1.29, 1.82) is 0 Å². The Morgan fingerprint density at radius 3 is 2.57 bits per heavy atom. The summed E-state index contributed by atoms with van der Waals surface area (Å²) in [6, 6.07) is 0. The summed E-state index contributed by atoms with van der Waals surface area (Å²) in [6.45, 7) is 13.2. The molecule has 0 saturated carbocycles. The molecular weight excluding hydrogens is 270 g/mol. The first-order chi connectivity index (χ1) is 9.63. The molecule has 1 aromatic heterocycles. The van der Waals surface area contributed by atoms with Crippen LogP contribution in [0.15, 0.2) is 12.5 Å². The summed E-state index contributed by atoms with van der Waals surface area (Å²) >= 11 is 0. The molecule has 0 atom stereocenters. The topological polar surface area (TPSA) is 65.4 Å². The summed E-state index contributed by atoms with van der Waals surface area (Å²) in [5.74, 6) is 0. The predicted molar refractivity (Wildman–Crippen MR) is 81.0 cm³/mol. The maximum atomic E-state index is 11.7. The number of ether oxygens (including phenoxy) is 2. The van der Waals surface area contributed by atoms with Gasteiger partial charge in [-0.25, -0.2) is 9.78 Å². The number of hydrogen-bond acceptors (Lipinski definition) is 4. The van der Waals surface area contributed by atoms with Gasteiger partial charge in [-0.05, 0) is 41.5 Å². The fourth-order valence-corrected chi connectivity index (χ4v) is 1.96. The van der Waals surface area contributed by atoms with Crippen LogP contribution in [0.3, 0.4) is 0 Å². The third-order valence-electron chi connectivity index (χ3n) is 2.70. The summed E-state index contributed by atoms with van der Waals surface area (Å²) in [5.41, 5.74) is 0.130. The molecule has 0 bridgehead atoms. The van der Waals surface area contributed by atoms with E-state index in [2.05, 4.69) is 10.3 Å². The SMILES string of the molecule is CCOC(C)(C)Cn1cncc1CNC(=O)OC(C)(C)C. The molecule has 1 aromatic rings. The number of rotatable bonds is 6. The molecule has 1 rings (SSSR count). The quantitative estimate of drug-likeness (QED) is 0.877. The maximum absolute atomic E-state index is 11.7. The zero-order valence-electron chi connectivity index (χ0n) is 13.9. The molecule has 1 N–H and O–H groups in total. The van der Waals surface area contributed by atoms with Gasteiger partial charge in [0, 0.05) is 12.8 Å². The molecule has 0 unspecified atom stereocenters. The maximum Gasteiger partial charge on any atom is 0.407 e. The summed E-state index contributed by atoms with van der Waals surface area (Å²) in [4.78, 5) is 15.8. The Labute approximate surface area is 126 Å². The van der Waals surface area contributed by atoms with Crippen LogP contribution < -0.4 is 5.32 Å². The van der Waals surface area contributed by atoms with E-state index in [0.717, 1.165) is 5.69 Å². The number of alkyl carbamates (subject to hydrolysis) is 1. The number of hydrogen-bond donors (Lipinski definition) is 1. The van der Waals surface area contributed by atoms with E-state index >= 15 is 0 Å². The van der Waals surface area contributed by atoms with Crippen LogP contribution >= 0.6 is 0 Å². The highest BCUT2D eigenvalue weighted by molar-refractivity contribution is 5.67. The van der Waals surface area contributed by atoms with E-state index in [0.29, 0.717) is 19.7 Å². The smallest absolute Gasteiger partial charge is 0.407 e. The normalized spacial score (nSPS) is 12.3. The monoisotopic (exact) mass is 297 g/mol. The first-order valence-corrected chi connectivity index (χ1v) is 7.23. The summed E-state index contributed by atoms with van der Waals surface area (Å²) in [6.07, 6.45) is 3.05. The minimum atomic E-state index is -0.499. The van der Waals surface area contributed by atoms with Gasteiger partial charge in [0.05, 0.1) is 30.7 Å². The van der Waals surface area contributed by atoms with Crippen LogP contribution in [0.5, 0.6) is 0 Å². The van der Waals surface area contributed by atoms with Gasteiger partial charge in [0.2, 0.25) is 0 Å². The van der Waals surface area contributed by atoms with Crippen LogP contribution in [-0.2, 0) is 22.6 Å². The number of carbonyl (C=O) groups is 1. The van der Waals surface area contributed by atoms with Crippen molar-refractivity contribution in [2.75, 3.05) is 6.61 Å².